The van der Waals surface area contributed by atoms with Gasteiger partial charge in [-0.3, -0.25) is 9.67 Å². The Morgan fingerprint density at radius 2 is 1.93 bits per heavy atom. The Balaban J connectivity index is 1.90. The average molecular weight is 436 g/mol. The molecule has 0 spiro atoms. The topological polar surface area (TPSA) is 95.0 Å². The van der Waals surface area contributed by atoms with Crippen molar-refractivity contribution in [2.45, 2.75) is 18.0 Å². The van der Waals surface area contributed by atoms with Gasteiger partial charge in [0, 0.05) is 37.3 Å². The molecule has 0 aliphatic rings. The Hall–Kier alpha value is -3.28. The standard InChI is InChI=1S/C18H15F3N6O2S/c1-3-30(28,29)14-8-11(13-4-6-23-26(13)2)10-22-17(14)12-5-7-27-16(24-12)9-15(25-27)18(19,20)21/h4-10H,3H2,1-2H3. The molecule has 30 heavy (non-hydrogen) atoms. The van der Waals surface area contributed by atoms with Crippen molar-refractivity contribution in [2.75, 3.05) is 5.75 Å². The highest BCUT2D eigenvalue weighted by atomic mass is 32.2. The lowest BCUT2D eigenvalue weighted by Gasteiger charge is -2.11. The summed E-state index contributed by atoms with van der Waals surface area (Å²) in [5.41, 5.74) is 0.219. The minimum atomic E-state index is -4.62. The van der Waals surface area contributed by atoms with Gasteiger partial charge < -0.3 is 0 Å². The van der Waals surface area contributed by atoms with E-state index in [1.165, 1.54) is 31.5 Å². The Morgan fingerprint density at radius 1 is 1.17 bits per heavy atom. The number of rotatable bonds is 4. The summed E-state index contributed by atoms with van der Waals surface area (Å²) < 4.78 is 66.8. The second kappa shape index (κ2) is 6.90. The normalized spacial score (nSPS) is 12.6. The fourth-order valence-corrected chi connectivity index (χ4v) is 4.05. The summed E-state index contributed by atoms with van der Waals surface area (Å²) in [4.78, 5) is 8.38. The van der Waals surface area contributed by atoms with Crippen molar-refractivity contribution < 1.29 is 21.6 Å². The maximum Gasteiger partial charge on any atom is 0.435 e. The molecule has 0 aromatic carbocycles. The van der Waals surface area contributed by atoms with Crippen LogP contribution >= 0.6 is 0 Å². The molecule has 0 aliphatic heterocycles. The van der Waals surface area contributed by atoms with Gasteiger partial charge in [0.1, 0.15) is 5.69 Å². The molecule has 4 aromatic rings. The van der Waals surface area contributed by atoms with Crippen LogP contribution in [0.25, 0.3) is 28.3 Å². The molecule has 156 valence electrons. The maximum atomic E-state index is 12.9. The zero-order valence-corrected chi connectivity index (χ0v) is 16.6. The quantitative estimate of drug-likeness (QED) is 0.488. The molecule has 0 bridgehead atoms. The maximum absolute atomic E-state index is 12.9. The smallest absolute Gasteiger partial charge is 0.268 e. The molecular formula is C18H15F3N6O2S. The lowest BCUT2D eigenvalue weighted by molar-refractivity contribution is -0.141. The van der Waals surface area contributed by atoms with E-state index in [4.69, 9.17) is 0 Å². The number of aryl methyl sites for hydroxylation is 1. The number of nitrogens with zero attached hydrogens (tertiary/aromatic N) is 6. The van der Waals surface area contributed by atoms with Gasteiger partial charge in [-0.25, -0.2) is 17.9 Å². The Labute approximate surface area is 168 Å². The highest BCUT2D eigenvalue weighted by molar-refractivity contribution is 7.91. The number of pyridine rings is 1. The third-order valence-corrected chi connectivity index (χ3v) is 6.28. The largest absolute Gasteiger partial charge is 0.435 e. The minimum absolute atomic E-state index is 0.0556. The number of alkyl halides is 3. The van der Waals surface area contributed by atoms with Gasteiger partial charge in [0.05, 0.1) is 22.0 Å². The van der Waals surface area contributed by atoms with Crippen molar-refractivity contribution in [3.05, 3.63) is 48.5 Å². The number of aromatic nitrogens is 6. The van der Waals surface area contributed by atoms with Gasteiger partial charge in [-0.05, 0) is 18.2 Å². The van der Waals surface area contributed by atoms with Gasteiger partial charge in [-0.1, -0.05) is 6.92 Å². The van der Waals surface area contributed by atoms with Crippen molar-refractivity contribution in [1.82, 2.24) is 29.4 Å². The Morgan fingerprint density at radius 3 is 2.57 bits per heavy atom. The predicted octanol–water partition coefficient (Wildman–Crippen LogP) is 3.00. The van der Waals surface area contributed by atoms with E-state index in [-0.39, 0.29) is 27.7 Å². The van der Waals surface area contributed by atoms with E-state index in [0.717, 1.165) is 10.6 Å². The molecule has 4 rings (SSSR count). The summed E-state index contributed by atoms with van der Waals surface area (Å²) in [5.74, 6) is -0.177. The number of hydrogen-bond acceptors (Lipinski definition) is 6. The van der Waals surface area contributed by atoms with Gasteiger partial charge >= 0.3 is 6.18 Å². The molecule has 0 aliphatic carbocycles. The molecule has 0 unspecified atom stereocenters. The van der Waals surface area contributed by atoms with Crippen LogP contribution in [0.15, 0.2) is 47.8 Å². The molecule has 0 N–H and O–H groups in total. The zero-order valence-electron chi connectivity index (χ0n) is 15.8. The SMILES string of the molecule is CCS(=O)(=O)c1cc(-c2ccnn2C)cnc1-c1ccn2nc(C(F)(F)F)cc2n1. The fraction of sp³-hybridized carbons (Fsp3) is 0.222. The molecule has 0 amide bonds. The van der Waals surface area contributed by atoms with E-state index in [1.807, 2.05) is 0 Å². The molecule has 0 atom stereocenters. The first kappa shape index (κ1) is 20.0. The van der Waals surface area contributed by atoms with Crippen LogP contribution in [0.4, 0.5) is 13.2 Å². The van der Waals surface area contributed by atoms with Crippen molar-refractivity contribution in [2.24, 2.45) is 7.05 Å². The molecular weight excluding hydrogens is 421 g/mol. The monoisotopic (exact) mass is 436 g/mol. The number of fused-ring (bicyclic) bond motifs is 1. The third kappa shape index (κ3) is 3.43. The van der Waals surface area contributed by atoms with Crippen molar-refractivity contribution >= 4 is 15.5 Å². The summed E-state index contributed by atoms with van der Waals surface area (Å²) in [6.45, 7) is 1.50. The lowest BCUT2D eigenvalue weighted by atomic mass is 10.1. The van der Waals surface area contributed by atoms with Gasteiger partial charge in [0.2, 0.25) is 0 Å². The molecule has 0 saturated carbocycles. The fourth-order valence-electron chi connectivity index (χ4n) is 2.98. The second-order valence-electron chi connectivity index (χ2n) is 6.46. The minimum Gasteiger partial charge on any atom is -0.268 e. The van der Waals surface area contributed by atoms with Crippen LogP contribution in [0.5, 0.6) is 0 Å². The predicted molar refractivity (Wildman–Crippen MR) is 101 cm³/mol. The number of halogens is 3. The highest BCUT2D eigenvalue weighted by Gasteiger charge is 2.34. The van der Waals surface area contributed by atoms with Crippen molar-refractivity contribution in [1.29, 1.82) is 0 Å². The van der Waals surface area contributed by atoms with Gasteiger partial charge in [-0.15, -0.1) is 0 Å². The third-order valence-electron chi connectivity index (χ3n) is 4.54. The van der Waals surface area contributed by atoms with Crippen LogP contribution < -0.4 is 0 Å². The van der Waals surface area contributed by atoms with E-state index in [2.05, 4.69) is 20.2 Å². The molecule has 0 radical (unpaired) electrons. The molecule has 0 fully saturated rings. The second-order valence-corrected chi connectivity index (χ2v) is 8.70. The average Bonchev–Trinajstić information content (AvgIpc) is 3.33. The Kier molecular flexibility index (Phi) is 4.60. The summed E-state index contributed by atoms with van der Waals surface area (Å²) >= 11 is 0. The van der Waals surface area contributed by atoms with Gasteiger partial charge in [-0.2, -0.15) is 23.4 Å². The molecule has 12 heteroatoms. The number of hydrogen-bond donors (Lipinski definition) is 0. The summed E-state index contributed by atoms with van der Waals surface area (Å²) in [6.07, 6.45) is -0.283. The molecule has 0 saturated heterocycles. The Bertz CT molecular complexity index is 1360. The zero-order chi connectivity index (χ0) is 21.7. The summed E-state index contributed by atoms with van der Waals surface area (Å²) in [5, 5.41) is 7.51. The highest BCUT2D eigenvalue weighted by Crippen LogP contribution is 2.31. The van der Waals surface area contributed by atoms with Crippen LogP contribution in [0.2, 0.25) is 0 Å². The lowest BCUT2D eigenvalue weighted by Crippen LogP contribution is -2.08. The van der Waals surface area contributed by atoms with Crippen LogP contribution in [0.3, 0.4) is 0 Å². The van der Waals surface area contributed by atoms with Gasteiger partial charge in [0.15, 0.2) is 21.2 Å². The summed E-state index contributed by atoms with van der Waals surface area (Å²) in [6, 6.07) is 5.36. The number of sulfone groups is 1. The van der Waals surface area contributed by atoms with E-state index in [1.54, 1.807) is 24.0 Å². The molecule has 4 heterocycles. The molecule has 4 aromatic heterocycles. The molecule has 8 nitrogen and oxygen atoms in total. The van der Waals surface area contributed by atoms with Crippen molar-refractivity contribution in [3.63, 3.8) is 0 Å². The van der Waals surface area contributed by atoms with Crippen LogP contribution in [0, 0.1) is 0 Å². The van der Waals surface area contributed by atoms with E-state index >= 15 is 0 Å². The summed E-state index contributed by atoms with van der Waals surface area (Å²) in [7, 11) is -2.00. The van der Waals surface area contributed by atoms with E-state index in [0.29, 0.717) is 11.3 Å². The van der Waals surface area contributed by atoms with Crippen molar-refractivity contribution in [3.8, 4) is 22.6 Å². The van der Waals surface area contributed by atoms with Crippen LogP contribution in [-0.2, 0) is 23.1 Å². The van der Waals surface area contributed by atoms with E-state index < -0.39 is 21.7 Å². The van der Waals surface area contributed by atoms with Crippen LogP contribution in [0.1, 0.15) is 12.6 Å². The van der Waals surface area contributed by atoms with Crippen LogP contribution in [-0.4, -0.2) is 43.5 Å². The first-order valence-corrected chi connectivity index (χ1v) is 10.4. The van der Waals surface area contributed by atoms with E-state index in [9.17, 15) is 21.6 Å². The first-order valence-electron chi connectivity index (χ1n) is 8.75. The first-order chi connectivity index (χ1) is 14.1. The van der Waals surface area contributed by atoms with Gasteiger partial charge in [0.25, 0.3) is 0 Å².